The van der Waals surface area contributed by atoms with E-state index in [-0.39, 0.29) is 16.7 Å². The molecule has 1 saturated carbocycles. The molecule has 2 heterocycles. The van der Waals surface area contributed by atoms with Crippen LogP contribution in [0.1, 0.15) is 44.7 Å². The quantitative estimate of drug-likeness (QED) is 0.550. The second-order valence-electron chi connectivity index (χ2n) is 8.29. The van der Waals surface area contributed by atoms with Gasteiger partial charge in [-0.25, -0.2) is 4.68 Å². The molecular formula is C22H29N7O2S. The number of hydrogen-bond acceptors (Lipinski definition) is 6. The maximum atomic E-state index is 13.3. The van der Waals surface area contributed by atoms with Crippen molar-refractivity contribution in [2.75, 3.05) is 6.54 Å². The molecule has 1 fully saturated rings. The molecule has 1 amide bonds. The predicted molar refractivity (Wildman–Crippen MR) is 123 cm³/mol. The molecule has 9 nitrogen and oxygen atoms in total. The van der Waals surface area contributed by atoms with E-state index in [0.717, 1.165) is 11.4 Å². The monoisotopic (exact) mass is 455 g/mol. The molecule has 1 aliphatic rings. The van der Waals surface area contributed by atoms with Crippen molar-refractivity contribution in [3.63, 3.8) is 0 Å². The summed E-state index contributed by atoms with van der Waals surface area (Å²) in [6.07, 6.45) is 6.15. The molecule has 1 atom stereocenters. The Bertz CT molecular complexity index is 1130. The predicted octanol–water partition coefficient (Wildman–Crippen LogP) is 2.64. The normalized spacial score (nSPS) is 15.6. The van der Waals surface area contributed by atoms with Gasteiger partial charge in [-0.05, 0) is 55.2 Å². The Morgan fingerprint density at radius 3 is 2.66 bits per heavy atom. The summed E-state index contributed by atoms with van der Waals surface area (Å²) in [5, 5.41) is 15.0. The van der Waals surface area contributed by atoms with Crippen molar-refractivity contribution in [1.29, 1.82) is 0 Å². The molecule has 3 aromatic rings. The standard InChI is InChI=1S/C22H29N7O2S/c1-15-19(21(31)29(27(15)3)18-12-8-5-9-13-18)28-22(24-25-26-28)32-16(2)20(30)23-14-17-10-6-4-7-11-17/h5,8-9,12-13,16-17H,4,6-7,10-11,14H2,1-3H3,(H,23,30)/t16-/m1/s1. The minimum atomic E-state index is -0.385. The van der Waals surface area contributed by atoms with Crippen molar-refractivity contribution < 1.29 is 4.79 Å². The smallest absolute Gasteiger partial charge is 0.297 e. The summed E-state index contributed by atoms with van der Waals surface area (Å²) in [5.41, 5.74) is 1.63. The van der Waals surface area contributed by atoms with Crippen LogP contribution in [-0.4, -0.2) is 47.3 Å². The van der Waals surface area contributed by atoms with Gasteiger partial charge in [-0.3, -0.25) is 14.3 Å². The van der Waals surface area contributed by atoms with Gasteiger partial charge < -0.3 is 5.32 Å². The van der Waals surface area contributed by atoms with Crippen LogP contribution < -0.4 is 10.9 Å². The van der Waals surface area contributed by atoms with Crippen molar-refractivity contribution in [3.8, 4) is 11.4 Å². The first-order valence-corrected chi connectivity index (χ1v) is 11.9. The number of thioether (sulfide) groups is 1. The number of aromatic nitrogens is 6. The van der Waals surface area contributed by atoms with Gasteiger partial charge in [0.15, 0.2) is 5.69 Å². The van der Waals surface area contributed by atoms with Gasteiger partial charge in [-0.2, -0.15) is 4.68 Å². The first-order chi connectivity index (χ1) is 15.5. The molecule has 0 radical (unpaired) electrons. The molecule has 4 rings (SSSR count). The molecule has 1 aliphatic carbocycles. The van der Waals surface area contributed by atoms with Gasteiger partial charge in [0.2, 0.25) is 11.1 Å². The van der Waals surface area contributed by atoms with E-state index in [1.165, 1.54) is 48.5 Å². The van der Waals surface area contributed by atoms with Gasteiger partial charge in [-0.15, -0.1) is 5.10 Å². The number of rotatable bonds is 7. The van der Waals surface area contributed by atoms with Gasteiger partial charge in [0.05, 0.1) is 16.6 Å². The number of carbonyl (C=O) groups excluding carboxylic acids is 1. The van der Waals surface area contributed by atoms with Crippen molar-refractivity contribution in [1.82, 2.24) is 34.9 Å². The van der Waals surface area contributed by atoms with E-state index < -0.39 is 0 Å². The Labute approximate surface area is 191 Å². The van der Waals surface area contributed by atoms with E-state index in [2.05, 4.69) is 20.8 Å². The molecule has 10 heteroatoms. The summed E-state index contributed by atoms with van der Waals surface area (Å²) < 4.78 is 4.80. The first kappa shape index (κ1) is 22.3. The molecule has 1 aromatic carbocycles. The number of amides is 1. The van der Waals surface area contributed by atoms with Crippen LogP contribution in [0.25, 0.3) is 11.4 Å². The highest BCUT2D eigenvalue weighted by Crippen LogP contribution is 2.25. The molecule has 0 aliphatic heterocycles. The van der Waals surface area contributed by atoms with Crippen LogP contribution in [0.15, 0.2) is 40.3 Å². The van der Waals surface area contributed by atoms with Crippen LogP contribution in [-0.2, 0) is 11.8 Å². The summed E-state index contributed by atoms with van der Waals surface area (Å²) in [6, 6.07) is 9.42. The fourth-order valence-corrected chi connectivity index (χ4v) is 5.00. The van der Waals surface area contributed by atoms with Gasteiger partial charge in [0.25, 0.3) is 5.56 Å². The minimum Gasteiger partial charge on any atom is -0.355 e. The third-order valence-corrected chi connectivity index (χ3v) is 7.15. The third kappa shape index (κ3) is 4.50. The van der Waals surface area contributed by atoms with E-state index in [0.29, 0.717) is 23.3 Å². The summed E-state index contributed by atoms with van der Waals surface area (Å²) in [4.78, 5) is 26.0. The lowest BCUT2D eigenvalue weighted by Gasteiger charge is -2.22. The zero-order chi connectivity index (χ0) is 22.7. The lowest BCUT2D eigenvalue weighted by Crippen LogP contribution is -2.35. The highest BCUT2D eigenvalue weighted by Gasteiger charge is 2.25. The lowest BCUT2D eigenvalue weighted by molar-refractivity contribution is -0.120. The maximum absolute atomic E-state index is 13.3. The molecule has 0 unspecified atom stereocenters. The van der Waals surface area contributed by atoms with Gasteiger partial charge in [-0.1, -0.05) is 49.2 Å². The first-order valence-electron chi connectivity index (χ1n) is 11.0. The zero-order valence-electron chi connectivity index (χ0n) is 18.7. The average Bonchev–Trinajstić information content (AvgIpc) is 3.34. The second-order valence-corrected chi connectivity index (χ2v) is 9.60. The van der Waals surface area contributed by atoms with Crippen LogP contribution in [0.2, 0.25) is 0 Å². The molecule has 32 heavy (non-hydrogen) atoms. The Hall–Kier alpha value is -2.88. The van der Waals surface area contributed by atoms with Crippen molar-refractivity contribution >= 4 is 17.7 Å². The summed E-state index contributed by atoms with van der Waals surface area (Å²) in [7, 11) is 1.83. The van der Waals surface area contributed by atoms with Crippen LogP contribution >= 0.6 is 11.8 Å². The molecule has 1 N–H and O–H groups in total. The van der Waals surface area contributed by atoms with Crippen molar-refractivity contribution in [2.24, 2.45) is 13.0 Å². The second kappa shape index (κ2) is 9.72. The number of tetrazole rings is 1. The largest absolute Gasteiger partial charge is 0.355 e. The van der Waals surface area contributed by atoms with Crippen molar-refractivity contribution in [3.05, 3.63) is 46.4 Å². The number of para-hydroxylation sites is 1. The highest BCUT2D eigenvalue weighted by molar-refractivity contribution is 8.00. The Morgan fingerprint density at radius 2 is 1.94 bits per heavy atom. The van der Waals surface area contributed by atoms with E-state index in [9.17, 15) is 9.59 Å². The summed E-state index contributed by atoms with van der Waals surface area (Å²) in [5.74, 6) is 0.528. The fourth-order valence-electron chi connectivity index (χ4n) is 4.18. The Kier molecular flexibility index (Phi) is 6.78. The number of carbonyl (C=O) groups is 1. The van der Waals surface area contributed by atoms with Crippen molar-refractivity contribution in [2.45, 2.75) is 56.4 Å². The average molecular weight is 456 g/mol. The van der Waals surface area contributed by atoms with Gasteiger partial charge >= 0.3 is 0 Å². The third-order valence-electron chi connectivity index (χ3n) is 6.12. The SMILES string of the molecule is Cc1c(-n2nnnc2S[C@H](C)C(=O)NCC2CCCCC2)c(=O)n(-c2ccccc2)n1C. The Balaban J connectivity index is 1.53. The highest BCUT2D eigenvalue weighted by atomic mass is 32.2. The lowest BCUT2D eigenvalue weighted by atomic mass is 9.89. The van der Waals surface area contributed by atoms with Crippen LogP contribution in [0.3, 0.4) is 0 Å². The van der Waals surface area contributed by atoms with E-state index in [4.69, 9.17) is 0 Å². The number of nitrogens with zero attached hydrogens (tertiary/aromatic N) is 6. The summed E-state index contributed by atoms with van der Waals surface area (Å²) in [6.45, 7) is 4.40. The Morgan fingerprint density at radius 1 is 1.22 bits per heavy atom. The minimum absolute atomic E-state index is 0.0402. The number of nitrogens with one attached hydrogen (secondary N) is 1. The zero-order valence-corrected chi connectivity index (χ0v) is 19.5. The van der Waals surface area contributed by atoms with Gasteiger partial charge in [0, 0.05) is 13.6 Å². The molecule has 0 saturated heterocycles. The summed E-state index contributed by atoms with van der Waals surface area (Å²) >= 11 is 1.25. The molecule has 0 bridgehead atoms. The number of benzene rings is 1. The maximum Gasteiger partial charge on any atom is 0.297 e. The van der Waals surface area contributed by atoms with Crippen LogP contribution in [0.4, 0.5) is 0 Å². The molecule has 170 valence electrons. The van der Waals surface area contributed by atoms with Gasteiger partial charge in [0.1, 0.15) is 0 Å². The number of hydrogen-bond donors (Lipinski definition) is 1. The van der Waals surface area contributed by atoms with Crippen LogP contribution in [0, 0.1) is 12.8 Å². The van der Waals surface area contributed by atoms with E-state index in [1.807, 2.05) is 51.2 Å². The van der Waals surface area contributed by atoms with Crippen LogP contribution in [0.5, 0.6) is 0 Å². The topological polar surface area (TPSA) is 99.6 Å². The van der Waals surface area contributed by atoms with E-state index in [1.54, 1.807) is 9.36 Å². The molecule has 2 aromatic heterocycles. The molecule has 0 spiro atoms. The molecular weight excluding hydrogens is 426 g/mol. The fraction of sp³-hybridized carbons (Fsp3) is 0.500. The van der Waals surface area contributed by atoms with E-state index >= 15 is 0 Å².